The Morgan fingerprint density at radius 1 is 0.500 bits per heavy atom. The van der Waals surface area contributed by atoms with Crippen molar-refractivity contribution in [3.05, 3.63) is 126 Å². The first-order valence-electron chi connectivity index (χ1n) is 10.6. The minimum atomic E-state index is -0.155. The number of aromatic nitrogens is 1. The van der Waals surface area contributed by atoms with E-state index >= 15 is 0 Å². The van der Waals surface area contributed by atoms with Crippen molar-refractivity contribution in [3.63, 3.8) is 0 Å². The van der Waals surface area contributed by atoms with Crippen molar-refractivity contribution < 1.29 is 0 Å². The Morgan fingerprint density at radius 3 is 1.60 bits per heavy atom. The number of benzene rings is 3. The third-order valence-electron chi connectivity index (χ3n) is 6.30. The van der Waals surface area contributed by atoms with E-state index in [9.17, 15) is 0 Å². The molecule has 150 valence electrons. The second-order valence-electron chi connectivity index (χ2n) is 8.99. The summed E-state index contributed by atoms with van der Waals surface area (Å²) in [7, 11) is 0. The van der Waals surface area contributed by atoms with Crippen LogP contribution in [0.4, 0.5) is 0 Å². The lowest BCUT2D eigenvalue weighted by Gasteiger charge is -2.27. The van der Waals surface area contributed by atoms with Gasteiger partial charge in [0.2, 0.25) is 0 Å². The Morgan fingerprint density at radius 2 is 1.03 bits per heavy atom. The summed E-state index contributed by atoms with van der Waals surface area (Å²) in [4.78, 5) is 4.61. The van der Waals surface area contributed by atoms with Gasteiger partial charge in [-0.2, -0.15) is 0 Å². The van der Waals surface area contributed by atoms with Crippen molar-refractivity contribution in [2.24, 2.45) is 0 Å². The molecule has 0 aliphatic carbocycles. The first-order chi connectivity index (χ1) is 14.4. The molecule has 1 heteroatoms. The van der Waals surface area contributed by atoms with Gasteiger partial charge in [-0.05, 0) is 39.9 Å². The molecule has 1 nitrogen and oxygen atoms in total. The van der Waals surface area contributed by atoms with E-state index in [-0.39, 0.29) is 10.8 Å². The highest BCUT2D eigenvalue weighted by Crippen LogP contribution is 2.36. The molecule has 4 rings (SSSR count). The van der Waals surface area contributed by atoms with E-state index in [1.165, 1.54) is 27.8 Å². The molecular formula is C29H29N. The molecule has 0 unspecified atom stereocenters. The third kappa shape index (κ3) is 3.80. The largest absolute Gasteiger partial charge is 0.260 e. The van der Waals surface area contributed by atoms with E-state index in [0.29, 0.717) is 0 Å². The molecule has 0 saturated carbocycles. The zero-order chi connectivity index (χ0) is 21.2. The van der Waals surface area contributed by atoms with Crippen LogP contribution in [0.1, 0.15) is 50.1 Å². The Kier molecular flexibility index (Phi) is 5.30. The average Bonchev–Trinajstić information content (AvgIpc) is 2.80. The number of hydrogen-bond acceptors (Lipinski definition) is 1. The minimum absolute atomic E-state index is 0.0535. The summed E-state index contributed by atoms with van der Waals surface area (Å²) in [5, 5.41) is 0. The number of hydrogen-bond donors (Lipinski definition) is 0. The summed E-state index contributed by atoms with van der Waals surface area (Å²) < 4.78 is 0. The lowest BCUT2D eigenvalue weighted by molar-refractivity contribution is 0.617. The molecule has 0 bridgehead atoms. The van der Waals surface area contributed by atoms with Gasteiger partial charge < -0.3 is 0 Å². The van der Waals surface area contributed by atoms with Crippen molar-refractivity contribution in [1.29, 1.82) is 0 Å². The Labute approximate surface area is 180 Å². The normalized spacial score (nSPS) is 12.0. The molecule has 4 aromatic rings. The van der Waals surface area contributed by atoms with Gasteiger partial charge in [-0.15, -0.1) is 0 Å². The molecule has 0 atom stereocenters. The van der Waals surface area contributed by atoms with Crippen LogP contribution < -0.4 is 0 Å². The predicted molar refractivity (Wildman–Crippen MR) is 127 cm³/mol. The molecule has 0 saturated heterocycles. The maximum absolute atomic E-state index is 4.61. The molecule has 1 heterocycles. The third-order valence-corrected chi connectivity index (χ3v) is 6.30. The van der Waals surface area contributed by atoms with Gasteiger partial charge in [0.15, 0.2) is 0 Å². The SMILES string of the molecule is CC(C)(c1ccccc1)c1cccc(-c2cccc(C(C)(C)c3ccccn3)c2)c1. The van der Waals surface area contributed by atoms with Gasteiger partial charge in [0, 0.05) is 17.0 Å². The maximum atomic E-state index is 4.61. The van der Waals surface area contributed by atoms with Crippen molar-refractivity contribution in [2.75, 3.05) is 0 Å². The second-order valence-corrected chi connectivity index (χ2v) is 8.99. The highest BCUT2D eigenvalue weighted by molar-refractivity contribution is 5.66. The van der Waals surface area contributed by atoms with Crippen LogP contribution in [0.3, 0.4) is 0 Å². The lowest BCUT2D eigenvalue weighted by Crippen LogP contribution is -2.20. The zero-order valence-electron chi connectivity index (χ0n) is 18.3. The smallest absolute Gasteiger partial charge is 0.0503 e. The maximum Gasteiger partial charge on any atom is 0.0503 e. The average molecular weight is 392 g/mol. The standard InChI is InChI=1S/C29H29N/c1-28(2,24-14-6-5-7-15-24)25-16-10-12-22(20-25)23-13-11-17-26(21-23)29(3,4)27-18-8-9-19-30-27/h5-21H,1-4H3. The first-order valence-corrected chi connectivity index (χ1v) is 10.6. The van der Waals surface area contributed by atoms with Crippen LogP contribution in [0.2, 0.25) is 0 Å². The van der Waals surface area contributed by atoms with Crippen LogP contribution in [0.5, 0.6) is 0 Å². The van der Waals surface area contributed by atoms with Gasteiger partial charge in [-0.3, -0.25) is 4.98 Å². The van der Waals surface area contributed by atoms with Gasteiger partial charge in [-0.1, -0.05) is 113 Å². The fraction of sp³-hybridized carbons (Fsp3) is 0.207. The highest BCUT2D eigenvalue weighted by Gasteiger charge is 2.25. The van der Waals surface area contributed by atoms with Crippen molar-refractivity contribution >= 4 is 0 Å². The summed E-state index contributed by atoms with van der Waals surface area (Å²) in [6.07, 6.45) is 1.87. The van der Waals surface area contributed by atoms with Crippen molar-refractivity contribution in [1.82, 2.24) is 4.98 Å². The van der Waals surface area contributed by atoms with E-state index in [0.717, 1.165) is 5.69 Å². The molecule has 1 aromatic heterocycles. The first kappa shape index (κ1) is 20.1. The van der Waals surface area contributed by atoms with E-state index in [1.54, 1.807) is 0 Å². The van der Waals surface area contributed by atoms with Crippen LogP contribution >= 0.6 is 0 Å². The van der Waals surface area contributed by atoms with Gasteiger partial charge >= 0.3 is 0 Å². The summed E-state index contributed by atoms with van der Waals surface area (Å²) in [5.74, 6) is 0. The number of rotatable bonds is 5. The molecule has 0 fully saturated rings. The summed E-state index contributed by atoms with van der Waals surface area (Å²) in [6, 6.07) is 34.7. The Balaban J connectivity index is 1.73. The van der Waals surface area contributed by atoms with E-state index in [4.69, 9.17) is 0 Å². The molecule has 3 aromatic carbocycles. The molecule has 0 radical (unpaired) electrons. The van der Waals surface area contributed by atoms with E-state index in [1.807, 2.05) is 12.3 Å². The molecule has 0 aliphatic heterocycles. The van der Waals surface area contributed by atoms with Crippen LogP contribution in [-0.4, -0.2) is 4.98 Å². The van der Waals surface area contributed by atoms with Crippen molar-refractivity contribution in [2.45, 2.75) is 38.5 Å². The molecule has 0 spiro atoms. The number of pyridine rings is 1. The van der Waals surface area contributed by atoms with Gasteiger partial charge in [0.05, 0.1) is 5.69 Å². The van der Waals surface area contributed by atoms with Crippen LogP contribution in [0.25, 0.3) is 11.1 Å². The minimum Gasteiger partial charge on any atom is -0.260 e. The molecular weight excluding hydrogens is 362 g/mol. The molecule has 0 aliphatic rings. The topological polar surface area (TPSA) is 12.9 Å². The van der Waals surface area contributed by atoms with Crippen LogP contribution in [0, 0.1) is 0 Å². The summed E-state index contributed by atoms with van der Waals surface area (Å²) in [5.41, 5.74) is 7.28. The van der Waals surface area contributed by atoms with Crippen LogP contribution in [-0.2, 0) is 10.8 Å². The lowest BCUT2D eigenvalue weighted by atomic mass is 9.77. The Bertz CT molecular complexity index is 1030. The van der Waals surface area contributed by atoms with Gasteiger partial charge in [0.25, 0.3) is 0 Å². The summed E-state index contributed by atoms with van der Waals surface area (Å²) in [6.45, 7) is 9.07. The second kappa shape index (κ2) is 7.91. The van der Waals surface area contributed by atoms with Crippen LogP contribution in [0.15, 0.2) is 103 Å². The molecule has 0 N–H and O–H groups in total. The van der Waals surface area contributed by atoms with E-state index in [2.05, 4.69) is 124 Å². The molecule has 30 heavy (non-hydrogen) atoms. The van der Waals surface area contributed by atoms with Crippen molar-refractivity contribution in [3.8, 4) is 11.1 Å². The molecule has 0 amide bonds. The number of nitrogens with zero attached hydrogens (tertiary/aromatic N) is 1. The zero-order valence-corrected chi connectivity index (χ0v) is 18.3. The quantitative estimate of drug-likeness (QED) is 0.345. The van der Waals surface area contributed by atoms with Gasteiger partial charge in [0.1, 0.15) is 0 Å². The van der Waals surface area contributed by atoms with Gasteiger partial charge in [-0.25, -0.2) is 0 Å². The fourth-order valence-corrected chi connectivity index (χ4v) is 4.08. The predicted octanol–water partition coefficient (Wildman–Crippen LogP) is 7.40. The monoisotopic (exact) mass is 391 g/mol. The van der Waals surface area contributed by atoms with E-state index < -0.39 is 0 Å². The fourth-order valence-electron chi connectivity index (χ4n) is 4.08. The Hall–Kier alpha value is -3.19. The highest BCUT2D eigenvalue weighted by atomic mass is 14.7. The summed E-state index contributed by atoms with van der Waals surface area (Å²) >= 11 is 0.